The van der Waals surface area contributed by atoms with Gasteiger partial charge in [-0.15, -0.1) is 0 Å². The molecule has 2 aromatic rings. The molecule has 0 radical (unpaired) electrons. The molecule has 0 saturated heterocycles. The van der Waals surface area contributed by atoms with E-state index in [1.165, 1.54) is 6.92 Å². The van der Waals surface area contributed by atoms with Crippen molar-refractivity contribution in [2.24, 2.45) is 5.73 Å². The van der Waals surface area contributed by atoms with Crippen LogP contribution in [0.15, 0.2) is 30.5 Å². The number of carboxylic acid groups (broad SMARTS) is 1. The number of nitrogens with one attached hydrogen (secondary N) is 4. The number of aliphatic carboxylic acids is 1. The summed E-state index contributed by atoms with van der Waals surface area (Å²) in [7, 11) is 0. The van der Waals surface area contributed by atoms with E-state index in [4.69, 9.17) is 5.73 Å². The van der Waals surface area contributed by atoms with Crippen LogP contribution in [0.2, 0.25) is 0 Å². The lowest BCUT2D eigenvalue weighted by atomic mass is 10.0. The van der Waals surface area contributed by atoms with Crippen LogP contribution in [0.25, 0.3) is 10.9 Å². The first-order valence-electron chi connectivity index (χ1n) is 9.24. The van der Waals surface area contributed by atoms with Gasteiger partial charge in [0.25, 0.3) is 0 Å². The van der Waals surface area contributed by atoms with Crippen LogP contribution in [-0.2, 0) is 25.6 Å². The van der Waals surface area contributed by atoms with E-state index in [0.717, 1.165) is 16.5 Å². The van der Waals surface area contributed by atoms with Gasteiger partial charge in [-0.3, -0.25) is 14.4 Å². The molecule has 1 aromatic heterocycles. The van der Waals surface area contributed by atoms with E-state index in [-0.39, 0.29) is 18.7 Å². The number of aromatic amines is 1. The van der Waals surface area contributed by atoms with Gasteiger partial charge in [-0.1, -0.05) is 18.2 Å². The molecule has 0 spiro atoms. The maximum Gasteiger partial charge on any atom is 0.326 e. The van der Waals surface area contributed by atoms with E-state index in [1.807, 2.05) is 24.3 Å². The molecule has 3 atom stereocenters. The number of thiol groups is 1. The van der Waals surface area contributed by atoms with Crippen molar-refractivity contribution >= 4 is 47.2 Å². The summed E-state index contributed by atoms with van der Waals surface area (Å²) in [5.41, 5.74) is 6.99. The second kappa shape index (κ2) is 10.6. The summed E-state index contributed by atoms with van der Waals surface area (Å²) in [6.45, 7) is 1.10. The zero-order valence-corrected chi connectivity index (χ0v) is 17.2. The summed E-state index contributed by atoms with van der Waals surface area (Å²) in [5, 5.41) is 17.6. The fourth-order valence-electron chi connectivity index (χ4n) is 2.76. The molecule has 1 heterocycles. The number of benzene rings is 1. The topological polar surface area (TPSA) is 166 Å². The zero-order chi connectivity index (χ0) is 22.3. The normalized spacial score (nSPS) is 13.8. The number of fused-ring (bicyclic) bond motifs is 1. The molecule has 30 heavy (non-hydrogen) atoms. The van der Waals surface area contributed by atoms with Gasteiger partial charge in [0, 0.05) is 29.3 Å². The van der Waals surface area contributed by atoms with Gasteiger partial charge in [0.15, 0.2) is 0 Å². The minimum Gasteiger partial charge on any atom is -0.480 e. The van der Waals surface area contributed by atoms with Gasteiger partial charge in [0.2, 0.25) is 17.7 Å². The maximum absolute atomic E-state index is 12.5. The molecule has 0 saturated carbocycles. The summed E-state index contributed by atoms with van der Waals surface area (Å²) >= 11 is 4.05. The van der Waals surface area contributed by atoms with Crippen LogP contribution in [0.5, 0.6) is 0 Å². The van der Waals surface area contributed by atoms with Crippen LogP contribution in [0, 0.1) is 0 Å². The Morgan fingerprint density at radius 3 is 2.47 bits per heavy atom. The number of rotatable bonds is 10. The van der Waals surface area contributed by atoms with Gasteiger partial charge in [0.05, 0.1) is 12.6 Å². The first-order valence-corrected chi connectivity index (χ1v) is 9.87. The van der Waals surface area contributed by atoms with Crippen LogP contribution in [-0.4, -0.2) is 64.2 Å². The number of nitrogens with two attached hydrogens (primary N) is 1. The van der Waals surface area contributed by atoms with Gasteiger partial charge >= 0.3 is 5.97 Å². The minimum absolute atomic E-state index is 0.0573. The number of carbonyl (C=O) groups is 4. The van der Waals surface area contributed by atoms with Crippen molar-refractivity contribution in [3.05, 3.63) is 36.0 Å². The number of amides is 3. The Bertz CT molecular complexity index is 929. The molecule has 162 valence electrons. The van der Waals surface area contributed by atoms with E-state index >= 15 is 0 Å². The van der Waals surface area contributed by atoms with Crippen LogP contribution in [0.4, 0.5) is 0 Å². The van der Waals surface area contributed by atoms with Gasteiger partial charge < -0.3 is 31.8 Å². The standard InChI is InChI=1S/C19H25N5O5S/c1-10(20)17(26)22-8-16(25)23-15(9-30)18(27)24-14(19(28)29)6-11-7-21-13-5-3-2-4-12(11)13/h2-5,7,10,14-15,21,30H,6,8-9,20H2,1H3,(H,22,26)(H,23,25)(H,24,27)(H,28,29). The summed E-state index contributed by atoms with van der Waals surface area (Å²) < 4.78 is 0. The molecule has 11 heteroatoms. The molecule has 3 unspecified atom stereocenters. The Hall–Kier alpha value is -3.05. The summed E-state index contributed by atoms with van der Waals surface area (Å²) in [5.74, 6) is -3.09. The number of carboxylic acids is 1. The van der Waals surface area contributed by atoms with Crippen molar-refractivity contribution in [3.63, 3.8) is 0 Å². The largest absolute Gasteiger partial charge is 0.480 e. The highest BCUT2D eigenvalue weighted by Gasteiger charge is 2.26. The van der Waals surface area contributed by atoms with E-state index in [0.29, 0.717) is 0 Å². The van der Waals surface area contributed by atoms with Crippen LogP contribution >= 0.6 is 12.6 Å². The number of carbonyl (C=O) groups excluding carboxylic acids is 3. The van der Waals surface area contributed by atoms with E-state index in [2.05, 4.69) is 33.6 Å². The predicted octanol–water partition coefficient (Wildman–Crippen LogP) is -0.842. The first kappa shape index (κ1) is 23.2. The Kier molecular flexibility index (Phi) is 8.25. The third-order valence-electron chi connectivity index (χ3n) is 4.38. The molecule has 0 aliphatic heterocycles. The lowest BCUT2D eigenvalue weighted by molar-refractivity contribution is -0.142. The first-order chi connectivity index (χ1) is 14.2. The highest BCUT2D eigenvalue weighted by Crippen LogP contribution is 2.19. The molecule has 0 fully saturated rings. The van der Waals surface area contributed by atoms with Gasteiger partial charge in [0.1, 0.15) is 12.1 Å². The van der Waals surface area contributed by atoms with Crippen molar-refractivity contribution in [3.8, 4) is 0 Å². The summed E-state index contributed by atoms with van der Waals surface area (Å²) in [6.07, 6.45) is 1.76. The number of H-pyrrole nitrogens is 1. The fraction of sp³-hybridized carbons (Fsp3) is 0.368. The lowest BCUT2D eigenvalue weighted by Crippen LogP contribution is -2.54. The van der Waals surface area contributed by atoms with E-state index < -0.39 is 41.8 Å². The molecule has 2 rings (SSSR count). The number of para-hydroxylation sites is 1. The Balaban J connectivity index is 1.99. The number of hydrogen-bond acceptors (Lipinski definition) is 6. The molecule has 0 bridgehead atoms. The molecule has 0 aliphatic carbocycles. The maximum atomic E-state index is 12.5. The highest BCUT2D eigenvalue weighted by molar-refractivity contribution is 7.80. The quantitative estimate of drug-likeness (QED) is 0.240. The van der Waals surface area contributed by atoms with E-state index in [1.54, 1.807) is 6.20 Å². The molecule has 10 nitrogen and oxygen atoms in total. The third-order valence-corrected chi connectivity index (χ3v) is 4.75. The molecule has 7 N–H and O–H groups in total. The van der Waals surface area contributed by atoms with E-state index in [9.17, 15) is 24.3 Å². The SMILES string of the molecule is CC(N)C(=O)NCC(=O)NC(CS)C(=O)NC(Cc1c[nH]c2ccccc12)C(=O)O. The third kappa shape index (κ3) is 6.22. The second-order valence-electron chi connectivity index (χ2n) is 6.77. The van der Waals surface area contributed by atoms with Crippen molar-refractivity contribution in [1.82, 2.24) is 20.9 Å². The molecular formula is C19H25N5O5S. The summed E-state index contributed by atoms with van der Waals surface area (Å²) in [6, 6.07) is 4.37. The summed E-state index contributed by atoms with van der Waals surface area (Å²) in [4.78, 5) is 50.6. The van der Waals surface area contributed by atoms with Gasteiger partial charge in [-0.05, 0) is 18.6 Å². The molecule has 0 aliphatic rings. The smallest absolute Gasteiger partial charge is 0.326 e. The molecular weight excluding hydrogens is 410 g/mol. The predicted molar refractivity (Wildman–Crippen MR) is 114 cm³/mol. The van der Waals surface area contributed by atoms with Gasteiger partial charge in [-0.25, -0.2) is 4.79 Å². The van der Waals surface area contributed by atoms with Crippen molar-refractivity contribution in [1.29, 1.82) is 0 Å². The fourth-order valence-corrected chi connectivity index (χ4v) is 3.02. The average Bonchev–Trinajstić information content (AvgIpc) is 3.12. The highest BCUT2D eigenvalue weighted by atomic mass is 32.1. The van der Waals surface area contributed by atoms with Crippen LogP contribution < -0.4 is 21.7 Å². The van der Waals surface area contributed by atoms with Crippen LogP contribution in [0.1, 0.15) is 12.5 Å². The minimum atomic E-state index is -1.21. The zero-order valence-electron chi connectivity index (χ0n) is 16.3. The number of hydrogen-bond donors (Lipinski definition) is 7. The molecule has 3 amide bonds. The van der Waals surface area contributed by atoms with Crippen molar-refractivity contribution in [2.45, 2.75) is 31.5 Å². The van der Waals surface area contributed by atoms with Crippen LogP contribution in [0.3, 0.4) is 0 Å². The number of aromatic nitrogens is 1. The Morgan fingerprint density at radius 1 is 1.13 bits per heavy atom. The molecule has 1 aromatic carbocycles. The lowest BCUT2D eigenvalue weighted by Gasteiger charge is -2.20. The van der Waals surface area contributed by atoms with Crippen molar-refractivity contribution in [2.75, 3.05) is 12.3 Å². The monoisotopic (exact) mass is 435 g/mol. The van der Waals surface area contributed by atoms with Gasteiger partial charge in [-0.2, -0.15) is 12.6 Å². The van der Waals surface area contributed by atoms with Crippen molar-refractivity contribution < 1.29 is 24.3 Å². The second-order valence-corrected chi connectivity index (χ2v) is 7.14. The Labute approximate surface area is 178 Å². The Morgan fingerprint density at radius 2 is 1.83 bits per heavy atom. The average molecular weight is 436 g/mol.